The number of carbonyl (C=O) groups is 2. The van der Waals surface area contributed by atoms with Crippen molar-refractivity contribution in [1.82, 2.24) is 10.2 Å². The van der Waals surface area contributed by atoms with Gasteiger partial charge in [0.05, 0.1) is 0 Å². The molecule has 0 spiro atoms. The third-order valence-electron chi connectivity index (χ3n) is 2.58. The van der Waals surface area contributed by atoms with Crippen LogP contribution in [0.1, 0.15) is 33.6 Å². The molecule has 1 saturated heterocycles. The molecule has 2 amide bonds. The summed E-state index contributed by atoms with van der Waals surface area (Å²) in [6.07, 6.45) is 0.761. The molecule has 1 rings (SSSR count). The number of hydrogen-bond donors (Lipinski definition) is 2. The molecule has 1 fully saturated rings. The third-order valence-corrected chi connectivity index (χ3v) is 2.58. The largest absolute Gasteiger partial charge is 0.444 e. The van der Waals surface area contributed by atoms with Gasteiger partial charge in [-0.1, -0.05) is 0 Å². The summed E-state index contributed by atoms with van der Waals surface area (Å²) >= 11 is 0. The molecule has 0 saturated carbocycles. The topological polar surface area (TPSA) is 84.7 Å². The van der Waals surface area contributed by atoms with Crippen molar-refractivity contribution in [2.75, 3.05) is 19.6 Å². The molecular weight excluding hydrogens is 234 g/mol. The van der Waals surface area contributed by atoms with Crippen molar-refractivity contribution in [2.24, 2.45) is 5.73 Å². The fourth-order valence-corrected chi connectivity index (χ4v) is 1.80. The van der Waals surface area contributed by atoms with Gasteiger partial charge in [-0.15, -0.1) is 0 Å². The molecule has 3 N–H and O–H groups in total. The van der Waals surface area contributed by atoms with Crippen LogP contribution in [0.5, 0.6) is 0 Å². The van der Waals surface area contributed by atoms with E-state index in [1.165, 1.54) is 0 Å². The maximum atomic E-state index is 11.8. The van der Waals surface area contributed by atoms with Crippen LogP contribution in [0.3, 0.4) is 0 Å². The van der Waals surface area contributed by atoms with Gasteiger partial charge in [0.1, 0.15) is 5.60 Å². The molecule has 0 aromatic heterocycles. The number of nitrogens with two attached hydrogens (primary N) is 1. The van der Waals surface area contributed by atoms with Crippen LogP contribution in [0.4, 0.5) is 4.79 Å². The van der Waals surface area contributed by atoms with Crippen molar-refractivity contribution in [1.29, 1.82) is 0 Å². The summed E-state index contributed by atoms with van der Waals surface area (Å²) in [6, 6.07) is 0.0107. The van der Waals surface area contributed by atoms with Crippen LogP contribution in [-0.2, 0) is 9.53 Å². The van der Waals surface area contributed by atoms with Gasteiger partial charge < -0.3 is 20.7 Å². The maximum absolute atomic E-state index is 11.8. The Labute approximate surface area is 108 Å². The van der Waals surface area contributed by atoms with Crippen molar-refractivity contribution in [2.45, 2.75) is 45.3 Å². The Kier molecular flexibility index (Phi) is 4.95. The SMILES string of the molecule is CC(C)(C)OC(=O)N1CC[C@H](NC(=O)CCN)C1. The summed E-state index contributed by atoms with van der Waals surface area (Å²) in [5.74, 6) is -0.0615. The first kappa shape index (κ1) is 14.8. The van der Waals surface area contributed by atoms with Gasteiger partial charge in [-0.25, -0.2) is 4.79 Å². The maximum Gasteiger partial charge on any atom is 0.410 e. The first-order valence-corrected chi connectivity index (χ1v) is 6.29. The van der Waals surface area contributed by atoms with Gasteiger partial charge in [0.25, 0.3) is 0 Å². The van der Waals surface area contributed by atoms with E-state index in [-0.39, 0.29) is 18.0 Å². The molecule has 0 unspecified atom stereocenters. The lowest BCUT2D eigenvalue weighted by atomic mass is 10.2. The molecular formula is C12H23N3O3. The number of ether oxygens (including phenoxy) is 1. The average Bonchev–Trinajstić information content (AvgIpc) is 2.63. The minimum Gasteiger partial charge on any atom is -0.444 e. The van der Waals surface area contributed by atoms with Crippen molar-refractivity contribution < 1.29 is 14.3 Å². The molecule has 1 aliphatic rings. The van der Waals surface area contributed by atoms with E-state index in [4.69, 9.17) is 10.5 Å². The molecule has 1 heterocycles. The molecule has 6 heteroatoms. The molecule has 0 aromatic carbocycles. The zero-order chi connectivity index (χ0) is 13.8. The van der Waals surface area contributed by atoms with E-state index in [1.54, 1.807) is 4.90 Å². The molecule has 0 aliphatic carbocycles. The average molecular weight is 257 g/mol. The van der Waals surface area contributed by atoms with E-state index in [0.29, 0.717) is 26.1 Å². The van der Waals surface area contributed by atoms with Crippen molar-refractivity contribution >= 4 is 12.0 Å². The van der Waals surface area contributed by atoms with Crippen LogP contribution in [0.2, 0.25) is 0 Å². The number of nitrogens with one attached hydrogen (secondary N) is 1. The lowest BCUT2D eigenvalue weighted by Gasteiger charge is -2.24. The number of carbonyl (C=O) groups excluding carboxylic acids is 2. The van der Waals surface area contributed by atoms with E-state index in [2.05, 4.69) is 5.32 Å². The summed E-state index contributed by atoms with van der Waals surface area (Å²) in [4.78, 5) is 24.8. The van der Waals surface area contributed by atoms with Crippen LogP contribution in [0.25, 0.3) is 0 Å². The Morgan fingerprint density at radius 2 is 2.11 bits per heavy atom. The number of amides is 2. The zero-order valence-electron chi connectivity index (χ0n) is 11.4. The first-order chi connectivity index (χ1) is 8.31. The van der Waals surface area contributed by atoms with Crippen LogP contribution >= 0.6 is 0 Å². The second kappa shape index (κ2) is 6.04. The van der Waals surface area contributed by atoms with Crippen molar-refractivity contribution in [3.05, 3.63) is 0 Å². The van der Waals surface area contributed by atoms with Crippen LogP contribution in [0.15, 0.2) is 0 Å². The summed E-state index contributed by atoms with van der Waals surface area (Å²) in [6.45, 7) is 6.96. The van der Waals surface area contributed by atoms with E-state index in [9.17, 15) is 9.59 Å². The number of hydrogen-bond acceptors (Lipinski definition) is 4. The van der Waals surface area contributed by atoms with Crippen LogP contribution < -0.4 is 11.1 Å². The molecule has 104 valence electrons. The zero-order valence-corrected chi connectivity index (χ0v) is 11.4. The quantitative estimate of drug-likeness (QED) is 0.769. The van der Waals surface area contributed by atoms with Gasteiger partial charge in [0, 0.05) is 32.1 Å². The van der Waals surface area contributed by atoms with Crippen molar-refractivity contribution in [3.63, 3.8) is 0 Å². The van der Waals surface area contributed by atoms with Crippen LogP contribution in [0, 0.1) is 0 Å². The second-order valence-electron chi connectivity index (χ2n) is 5.52. The molecule has 1 atom stereocenters. The summed E-state index contributed by atoms with van der Waals surface area (Å²) in [5.41, 5.74) is 4.82. The van der Waals surface area contributed by atoms with Gasteiger partial charge >= 0.3 is 6.09 Å². The number of likely N-dealkylation sites (tertiary alicyclic amines) is 1. The summed E-state index contributed by atoms with van der Waals surface area (Å²) in [7, 11) is 0. The number of nitrogens with zero attached hydrogens (tertiary/aromatic N) is 1. The highest BCUT2D eigenvalue weighted by molar-refractivity contribution is 5.76. The van der Waals surface area contributed by atoms with Crippen molar-refractivity contribution in [3.8, 4) is 0 Å². The van der Waals surface area contributed by atoms with E-state index in [0.717, 1.165) is 6.42 Å². The highest BCUT2D eigenvalue weighted by Crippen LogP contribution is 2.15. The Hall–Kier alpha value is -1.30. The fourth-order valence-electron chi connectivity index (χ4n) is 1.80. The normalized spacial score (nSPS) is 19.8. The summed E-state index contributed by atoms with van der Waals surface area (Å²) < 4.78 is 5.28. The standard InChI is InChI=1S/C12H23N3O3/c1-12(2,3)18-11(17)15-7-5-9(8-15)14-10(16)4-6-13/h9H,4-8,13H2,1-3H3,(H,14,16)/t9-/m0/s1. The monoisotopic (exact) mass is 257 g/mol. The lowest BCUT2D eigenvalue weighted by molar-refractivity contribution is -0.121. The third kappa shape index (κ3) is 4.91. The molecule has 6 nitrogen and oxygen atoms in total. The van der Waals surface area contributed by atoms with Gasteiger partial charge in [0.2, 0.25) is 5.91 Å². The second-order valence-corrected chi connectivity index (χ2v) is 5.52. The molecule has 18 heavy (non-hydrogen) atoms. The van der Waals surface area contributed by atoms with E-state index in [1.807, 2.05) is 20.8 Å². The molecule has 1 aliphatic heterocycles. The molecule has 0 bridgehead atoms. The molecule has 0 radical (unpaired) electrons. The van der Waals surface area contributed by atoms with Gasteiger partial charge in [0.15, 0.2) is 0 Å². The Balaban J connectivity index is 2.37. The van der Waals surface area contributed by atoms with Crippen LogP contribution in [-0.4, -0.2) is 48.2 Å². The van der Waals surface area contributed by atoms with E-state index < -0.39 is 5.60 Å². The minimum absolute atomic E-state index is 0.0107. The Morgan fingerprint density at radius 1 is 1.44 bits per heavy atom. The fraction of sp³-hybridized carbons (Fsp3) is 0.833. The number of rotatable bonds is 3. The highest BCUT2D eigenvalue weighted by atomic mass is 16.6. The Bertz CT molecular complexity index is 312. The van der Waals surface area contributed by atoms with Gasteiger partial charge in [-0.2, -0.15) is 0 Å². The predicted molar refractivity (Wildman–Crippen MR) is 68.0 cm³/mol. The minimum atomic E-state index is -0.488. The summed E-state index contributed by atoms with van der Waals surface area (Å²) in [5, 5.41) is 2.86. The van der Waals surface area contributed by atoms with Gasteiger partial charge in [-0.05, 0) is 27.2 Å². The van der Waals surface area contributed by atoms with Gasteiger partial charge in [-0.3, -0.25) is 4.79 Å². The predicted octanol–water partition coefficient (Wildman–Crippen LogP) is 0.461. The molecule has 0 aromatic rings. The highest BCUT2D eigenvalue weighted by Gasteiger charge is 2.30. The Morgan fingerprint density at radius 3 is 2.67 bits per heavy atom. The smallest absolute Gasteiger partial charge is 0.410 e. The first-order valence-electron chi connectivity index (χ1n) is 6.29. The van der Waals surface area contributed by atoms with E-state index >= 15 is 0 Å². The lowest BCUT2D eigenvalue weighted by Crippen LogP contribution is -2.40.